The number of rotatable bonds is 4. The smallest absolute Gasteiger partial charge is 0.181 e. The van der Waals surface area contributed by atoms with E-state index in [1.807, 2.05) is 29.9 Å². The van der Waals surface area contributed by atoms with Crippen LogP contribution < -0.4 is 5.73 Å². The number of hydrogen-bond donors (Lipinski definition) is 1. The fraction of sp³-hybridized carbons (Fsp3) is 0.529. The quantitative estimate of drug-likeness (QED) is 0.939. The van der Waals surface area contributed by atoms with Crippen molar-refractivity contribution in [2.75, 3.05) is 6.54 Å². The van der Waals surface area contributed by atoms with Crippen molar-refractivity contribution in [3.63, 3.8) is 0 Å². The SMILES string of the molecule is Cn1nc(-c2ccccc2)nc1CC1(CN)CCCCC1. The molecule has 1 saturated carbocycles. The minimum Gasteiger partial charge on any atom is -0.330 e. The highest BCUT2D eigenvalue weighted by atomic mass is 15.3. The first-order valence-electron chi connectivity index (χ1n) is 7.88. The molecule has 4 nitrogen and oxygen atoms in total. The van der Waals surface area contributed by atoms with Gasteiger partial charge < -0.3 is 5.73 Å². The molecular weight excluding hydrogens is 260 g/mol. The molecule has 3 rings (SSSR count). The highest BCUT2D eigenvalue weighted by molar-refractivity contribution is 5.53. The van der Waals surface area contributed by atoms with Crippen molar-refractivity contribution in [3.05, 3.63) is 36.2 Å². The van der Waals surface area contributed by atoms with E-state index >= 15 is 0 Å². The number of aromatic nitrogens is 3. The Morgan fingerprint density at radius 1 is 1.14 bits per heavy atom. The Kier molecular flexibility index (Phi) is 4.06. The third-order valence-electron chi connectivity index (χ3n) is 4.77. The van der Waals surface area contributed by atoms with Crippen molar-refractivity contribution in [1.29, 1.82) is 0 Å². The van der Waals surface area contributed by atoms with E-state index in [2.05, 4.69) is 17.2 Å². The summed E-state index contributed by atoms with van der Waals surface area (Å²) in [6.45, 7) is 0.751. The van der Waals surface area contributed by atoms with Crippen LogP contribution in [0.1, 0.15) is 37.9 Å². The summed E-state index contributed by atoms with van der Waals surface area (Å²) in [5, 5.41) is 4.58. The molecule has 0 saturated heterocycles. The van der Waals surface area contributed by atoms with E-state index in [4.69, 9.17) is 10.7 Å². The molecular formula is C17H24N4. The first-order chi connectivity index (χ1) is 10.2. The fourth-order valence-electron chi connectivity index (χ4n) is 3.37. The highest BCUT2D eigenvalue weighted by Crippen LogP contribution is 2.38. The maximum Gasteiger partial charge on any atom is 0.181 e. The Morgan fingerprint density at radius 3 is 2.52 bits per heavy atom. The van der Waals surface area contributed by atoms with Crippen molar-refractivity contribution in [3.8, 4) is 11.4 Å². The maximum absolute atomic E-state index is 6.10. The summed E-state index contributed by atoms with van der Waals surface area (Å²) in [6.07, 6.45) is 7.31. The van der Waals surface area contributed by atoms with Gasteiger partial charge >= 0.3 is 0 Å². The summed E-state index contributed by atoms with van der Waals surface area (Å²) in [5.74, 6) is 1.87. The summed E-state index contributed by atoms with van der Waals surface area (Å²) < 4.78 is 1.92. The van der Waals surface area contributed by atoms with Crippen LogP contribution in [0.4, 0.5) is 0 Å². The van der Waals surface area contributed by atoms with Gasteiger partial charge in [0.15, 0.2) is 5.82 Å². The van der Waals surface area contributed by atoms with Crippen LogP contribution in [-0.2, 0) is 13.5 Å². The second-order valence-electron chi connectivity index (χ2n) is 6.28. The van der Waals surface area contributed by atoms with Crippen LogP contribution in [0, 0.1) is 5.41 Å². The zero-order chi connectivity index (χ0) is 14.7. The zero-order valence-corrected chi connectivity index (χ0v) is 12.8. The molecule has 1 heterocycles. The highest BCUT2D eigenvalue weighted by Gasteiger charge is 2.32. The standard InChI is InChI=1S/C17H24N4/c1-21-15(12-17(13-18)10-6-3-7-11-17)19-16(20-21)14-8-4-2-5-9-14/h2,4-5,8-9H,3,6-7,10-13,18H2,1H3. The van der Waals surface area contributed by atoms with Crippen LogP contribution in [-0.4, -0.2) is 21.3 Å². The van der Waals surface area contributed by atoms with Crippen LogP contribution in [0.2, 0.25) is 0 Å². The summed E-state index contributed by atoms with van der Waals surface area (Å²) >= 11 is 0. The molecule has 0 amide bonds. The minimum atomic E-state index is 0.229. The van der Waals surface area contributed by atoms with Crippen LogP contribution in [0.15, 0.2) is 30.3 Å². The molecule has 1 fully saturated rings. The van der Waals surface area contributed by atoms with Gasteiger partial charge in [-0.3, -0.25) is 4.68 Å². The molecule has 112 valence electrons. The van der Waals surface area contributed by atoms with Gasteiger partial charge in [0.25, 0.3) is 0 Å². The Hall–Kier alpha value is -1.68. The predicted molar refractivity (Wildman–Crippen MR) is 84.7 cm³/mol. The third-order valence-corrected chi connectivity index (χ3v) is 4.77. The summed E-state index contributed by atoms with van der Waals surface area (Å²) in [4.78, 5) is 4.76. The molecule has 1 aromatic heterocycles. The number of nitrogens with two attached hydrogens (primary N) is 1. The minimum absolute atomic E-state index is 0.229. The van der Waals surface area contributed by atoms with Gasteiger partial charge in [-0.2, -0.15) is 5.10 Å². The first kappa shape index (κ1) is 14.3. The number of nitrogens with zero attached hydrogens (tertiary/aromatic N) is 3. The van der Waals surface area contributed by atoms with Gasteiger partial charge in [0.05, 0.1) is 0 Å². The molecule has 1 aliphatic carbocycles. The zero-order valence-electron chi connectivity index (χ0n) is 12.8. The van der Waals surface area contributed by atoms with Gasteiger partial charge in [0, 0.05) is 19.0 Å². The molecule has 21 heavy (non-hydrogen) atoms. The van der Waals surface area contributed by atoms with E-state index in [1.165, 1.54) is 32.1 Å². The van der Waals surface area contributed by atoms with Crippen molar-refractivity contribution in [2.45, 2.75) is 38.5 Å². The summed E-state index contributed by atoms with van der Waals surface area (Å²) in [6, 6.07) is 10.2. The average Bonchev–Trinajstić information content (AvgIpc) is 2.90. The molecule has 2 N–H and O–H groups in total. The number of aryl methyl sites for hydroxylation is 1. The average molecular weight is 284 g/mol. The Labute approximate surface area is 126 Å². The van der Waals surface area contributed by atoms with Gasteiger partial charge in [-0.15, -0.1) is 0 Å². The Bertz CT molecular complexity index is 582. The lowest BCUT2D eigenvalue weighted by molar-refractivity contribution is 0.191. The van der Waals surface area contributed by atoms with E-state index in [-0.39, 0.29) is 5.41 Å². The van der Waals surface area contributed by atoms with Crippen molar-refractivity contribution < 1.29 is 0 Å². The molecule has 0 unspecified atom stereocenters. The van der Waals surface area contributed by atoms with Crippen LogP contribution >= 0.6 is 0 Å². The van der Waals surface area contributed by atoms with Crippen molar-refractivity contribution >= 4 is 0 Å². The van der Waals surface area contributed by atoms with Gasteiger partial charge in [0.2, 0.25) is 0 Å². The first-order valence-corrected chi connectivity index (χ1v) is 7.88. The van der Waals surface area contributed by atoms with Crippen LogP contribution in [0.3, 0.4) is 0 Å². The van der Waals surface area contributed by atoms with E-state index in [0.29, 0.717) is 0 Å². The molecule has 0 atom stereocenters. The molecule has 4 heteroatoms. The Balaban J connectivity index is 1.84. The van der Waals surface area contributed by atoms with Gasteiger partial charge in [0.1, 0.15) is 5.82 Å². The second-order valence-corrected chi connectivity index (χ2v) is 6.28. The van der Waals surface area contributed by atoms with Gasteiger partial charge in [-0.1, -0.05) is 49.6 Å². The van der Waals surface area contributed by atoms with E-state index in [0.717, 1.165) is 30.2 Å². The van der Waals surface area contributed by atoms with Gasteiger partial charge in [-0.25, -0.2) is 4.98 Å². The topological polar surface area (TPSA) is 56.7 Å². The molecule has 2 aromatic rings. The van der Waals surface area contributed by atoms with Crippen molar-refractivity contribution in [1.82, 2.24) is 14.8 Å². The lowest BCUT2D eigenvalue weighted by Crippen LogP contribution is -2.35. The molecule has 0 radical (unpaired) electrons. The second kappa shape index (κ2) is 5.98. The normalized spacial score (nSPS) is 17.8. The molecule has 0 spiro atoms. The summed E-state index contributed by atoms with van der Waals surface area (Å²) in [7, 11) is 1.99. The number of hydrogen-bond acceptors (Lipinski definition) is 3. The van der Waals surface area contributed by atoms with Crippen LogP contribution in [0.5, 0.6) is 0 Å². The fourth-order valence-corrected chi connectivity index (χ4v) is 3.37. The molecule has 0 aliphatic heterocycles. The lowest BCUT2D eigenvalue weighted by Gasteiger charge is -2.35. The third kappa shape index (κ3) is 3.00. The molecule has 1 aliphatic rings. The monoisotopic (exact) mass is 284 g/mol. The molecule has 0 bridgehead atoms. The van der Waals surface area contributed by atoms with E-state index in [1.54, 1.807) is 0 Å². The summed E-state index contributed by atoms with van der Waals surface area (Å²) in [5.41, 5.74) is 7.40. The predicted octanol–water partition coefficient (Wildman–Crippen LogP) is 2.93. The van der Waals surface area contributed by atoms with Crippen LogP contribution in [0.25, 0.3) is 11.4 Å². The maximum atomic E-state index is 6.10. The van der Waals surface area contributed by atoms with Crippen molar-refractivity contribution in [2.24, 2.45) is 18.2 Å². The number of benzene rings is 1. The lowest BCUT2D eigenvalue weighted by atomic mass is 9.72. The molecule has 1 aromatic carbocycles. The largest absolute Gasteiger partial charge is 0.330 e. The Morgan fingerprint density at radius 2 is 1.86 bits per heavy atom. The van der Waals surface area contributed by atoms with E-state index < -0.39 is 0 Å². The van der Waals surface area contributed by atoms with E-state index in [9.17, 15) is 0 Å². The van der Waals surface area contributed by atoms with Gasteiger partial charge in [-0.05, 0) is 24.8 Å².